The van der Waals surface area contributed by atoms with Crippen LogP contribution in [0.5, 0.6) is 0 Å². The third-order valence-electron chi connectivity index (χ3n) is 2.61. The highest BCUT2D eigenvalue weighted by atomic mass is 16.3. The molecule has 0 bridgehead atoms. The molecule has 0 aliphatic heterocycles. The fraction of sp³-hybridized carbons (Fsp3) is 0.455. The monoisotopic (exact) mass is 162 g/mol. The Labute approximate surface area is 73.1 Å². The maximum absolute atomic E-state index is 9.52. The maximum Gasteiger partial charge on any atom is 0.0580 e. The summed E-state index contributed by atoms with van der Waals surface area (Å²) < 4.78 is 0. The quantitative estimate of drug-likeness (QED) is 0.540. The first-order valence-electron chi connectivity index (χ1n) is 4.56. The standard InChI is InChI=1S/C11H14O/c12-11-7-3-6-9-4-1-2-5-10(9)8-11/h1-6,9-12H,7-8H2. The Hall–Kier alpha value is -0.820. The second-order valence-electron chi connectivity index (χ2n) is 3.56. The van der Waals surface area contributed by atoms with E-state index in [0.717, 1.165) is 12.8 Å². The molecule has 1 heteroatoms. The van der Waals surface area contributed by atoms with E-state index in [1.54, 1.807) is 0 Å². The fourth-order valence-corrected chi connectivity index (χ4v) is 1.92. The van der Waals surface area contributed by atoms with E-state index in [0.29, 0.717) is 11.8 Å². The predicted octanol–water partition coefficient (Wildman–Crippen LogP) is 2.06. The van der Waals surface area contributed by atoms with Gasteiger partial charge in [-0.2, -0.15) is 0 Å². The second kappa shape index (κ2) is 3.28. The molecule has 1 N–H and O–H groups in total. The van der Waals surface area contributed by atoms with Gasteiger partial charge in [0.15, 0.2) is 0 Å². The lowest BCUT2D eigenvalue weighted by atomic mass is 9.86. The molecule has 0 saturated heterocycles. The normalized spacial score (nSPS) is 39.2. The minimum absolute atomic E-state index is 0.146. The Morgan fingerprint density at radius 1 is 1.08 bits per heavy atom. The SMILES string of the molecule is OC1CC=CC2C=CC=CC2C1. The molecule has 1 nitrogen and oxygen atoms in total. The molecule has 0 heterocycles. The Morgan fingerprint density at radius 2 is 1.92 bits per heavy atom. The van der Waals surface area contributed by atoms with Crippen LogP contribution in [0.2, 0.25) is 0 Å². The average molecular weight is 162 g/mol. The van der Waals surface area contributed by atoms with Crippen molar-refractivity contribution in [3.05, 3.63) is 36.5 Å². The van der Waals surface area contributed by atoms with Gasteiger partial charge in [-0.1, -0.05) is 36.5 Å². The topological polar surface area (TPSA) is 20.2 Å². The van der Waals surface area contributed by atoms with E-state index in [9.17, 15) is 5.11 Å². The van der Waals surface area contributed by atoms with Crippen molar-refractivity contribution < 1.29 is 5.11 Å². The number of hydrogen-bond acceptors (Lipinski definition) is 1. The van der Waals surface area contributed by atoms with Gasteiger partial charge >= 0.3 is 0 Å². The maximum atomic E-state index is 9.52. The van der Waals surface area contributed by atoms with E-state index in [1.807, 2.05) is 0 Å². The van der Waals surface area contributed by atoms with Gasteiger partial charge in [0.2, 0.25) is 0 Å². The van der Waals surface area contributed by atoms with Gasteiger partial charge in [-0.05, 0) is 18.8 Å². The second-order valence-corrected chi connectivity index (χ2v) is 3.56. The number of aliphatic hydroxyl groups is 1. The van der Waals surface area contributed by atoms with Crippen LogP contribution in [0.3, 0.4) is 0 Å². The molecule has 3 atom stereocenters. The van der Waals surface area contributed by atoms with Gasteiger partial charge in [-0.15, -0.1) is 0 Å². The van der Waals surface area contributed by atoms with Crippen molar-refractivity contribution in [1.82, 2.24) is 0 Å². The van der Waals surface area contributed by atoms with Crippen LogP contribution in [0.1, 0.15) is 12.8 Å². The summed E-state index contributed by atoms with van der Waals surface area (Å²) in [5, 5.41) is 9.52. The highest BCUT2D eigenvalue weighted by Gasteiger charge is 2.21. The molecule has 64 valence electrons. The first-order valence-corrected chi connectivity index (χ1v) is 4.56. The van der Waals surface area contributed by atoms with Crippen LogP contribution in [0.25, 0.3) is 0 Å². The van der Waals surface area contributed by atoms with Crippen LogP contribution in [0.15, 0.2) is 36.5 Å². The Bertz CT molecular complexity index is 237. The van der Waals surface area contributed by atoms with E-state index in [2.05, 4.69) is 36.5 Å². The zero-order valence-corrected chi connectivity index (χ0v) is 7.06. The molecular weight excluding hydrogens is 148 g/mol. The molecule has 0 fully saturated rings. The lowest BCUT2D eigenvalue weighted by molar-refractivity contribution is 0.152. The third-order valence-corrected chi connectivity index (χ3v) is 2.61. The van der Waals surface area contributed by atoms with E-state index < -0.39 is 0 Å². The third kappa shape index (κ3) is 1.51. The van der Waals surface area contributed by atoms with Crippen molar-refractivity contribution in [3.63, 3.8) is 0 Å². The van der Waals surface area contributed by atoms with Gasteiger partial charge in [0.25, 0.3) is 0 Å². The van der Waals surface area contributed by atoms with Gasteiger partial charge in [-0.25, -0.2) is 0 Å². The van der Waals surface area contributed by atoms with Crippen molar-refractivity contribution in [3.8, 4) is 0 Å². The van der Waals surface area contributed by atoms with E-state index in [-0.39, 0.29) is 6.10 Å². The Balaban J connectivity index is 2.16. The van der Waals surface area contributed by atoms with Crippen LogP contribution in [0.4, 0.5) is 0 Å². The summed E-state index contributed by atoms with van der Waals surface area (Å²) >= 11 is 0. The van der Waals surface area contributed by atoms with Gasteiger partial charge in [0.1, 0.15) is 0 Å². The summed E-state index contributed by atoms with van der Waals surface area (Å²) in [7, 11) is 0. The van der Waals surface area contributed by atoms with Gasteiger partial charge in [0.05, 0.1) is 6.10 Å². The first-order chi connectivity index (χ1) is 5.86. The van der Waals surface area contributed by atoms with Crippen LogP contribution in [-0.2, 0) is 0 Å². The first kappa shape index (κ1) is 7.81. The number of aliphatic hydroxyl groups excluding tert-OH is 1. The molecule has 0 aromatic rings. The number of hydrogen-bond donors (Lipinski definition) is 1. The molecule has 0 saturated carbocycles. The van der Waals surface area contributed by atoms with Crippen molar-refractivity contribution in [1.29, 1.82) is 0 Å². The highest BCUT2D eigenvalue weighted by molar-refractivity contribution is 5.20. The summed E-state index contributed by atoms with van der Waals surface area (Å²) in [4.78, 5) is 0. The molecule has 12 heavy (non-hydrogen) atoms. The highest BCUT2D eigenvalue weighted by Crippen LogP contribution is 2.28. The summed E-state index contributed by atoms with van der Waals surface area (Å²) in [5.41, 5.74) is 0. The smallest absolute Gasteiger partial charge is 0.0580 e. The van der Waals surface area contributed by atoms with Crippen LogP contribution < -0.4 is 0 Å². The molecule has 0 spiro atoms. The summed E-state index contributed by atoms with van der Waals surface area (Å²) in [5.74, 6) is 1.04. The molecule has 0 aromatic heterocycles. The van der Waals surface area contributed by atoms with Crippen LogP contribution in [-0.4, -0.2) is 11.2 Å². The van der Waals surface area contributed by atoms with E-state index >= 15 is 0 Å². The lowest BCUT2D eigenvalue weighted by Crippen LogP contribution is -2.15. The lowest BCUT2D eigenvalue weighted by Gasteiger charge is -2.20. The predicted molar refractivity (Wildman–Crippen MR) is 49.6 cm³/mol. The molecule has 2 rings (SSSR count). The minimum atomic E-state index is -0.146. The number of allylic oxidation sites excluding steroid dienone is 5. The van der Waals surface area contributed by atoms with Crippen LogP contribution >= 0.6 is 0 Å². The zero-order valence-electron chi connectivity index (χ0n) is 7.06. The molecule has 0 aromatic carbocycles. The average Bonchev–Trinajstić information content (AvgIpc) is 2.25. The molecule has 0 amide bonds. The fourth-order valence-electron chi connectivity index (χ4n) is 1.92. The van der Waals surface area contributed by atoms with E-state index in [4.69, 9.17) is 0 Å². The number of fused-ring (bicyclic) bond motifs is 1. The summed E-state index contributed by atoms with van der Waals surface area (Å²) in [6, 6.07) is 0. The molecule has 0 radical (unpaired) electrons. The van der Waals surface area contributed by atoms with Crippen molar-refractivity contribution in [2.45, 2.75) is 18.9 Å². The van der Waals surface area contributed by atoms with Crippen molar-refractivity contribution in [2.75, 3.05) is 0 Å². The molecular formula is C11H14O. The number of rotatable bonds is 0. The summed E-state index contributed by atoms with van der Waals surface area (Å²) in [6.07, 6.45) is 14.4. The molecule has 3 unspecified atom stereocenters. The zero-order chi connectivity index (χ0) is 8.39. The Kier molecular flexibility index (Phi) is 2.13. The van der Waals surface area contributed by atoms with Gasteiger partial charge < -0.3 is 5.11 Å². The van der Waals surface area contributed by atoms with Crippen molar-refractivity contribution in [2.24, 2.45) is 11.8 Å². The summed E-state index contributed by atoms with van der Waals surface area (Å²) in [6.45, 7) is 0. The largest absolute Gasteiger partial charge is 0.393 e. The van der Waals surface area contributed by atoms with Gasteiger partial charge in [-0.3, -0.25) is 0 Å². The van der Waals surface area contributed by atoms with Crippen molar-refractivity contribution >= 4 is 0 Å². The van der Waals surface area contributed by atoms with Crippen LogP contribution in [0, 0.1) is 11.8 Å². The van der Waals surface area contributed by atoms with E-state index in [1.165, 1.54) is 0 Å². The molecule has 2 aliphatic carbocycles. The minimum Gasteiger partial charge on any atom is -0.393 e. The Morgan fingerprint density at radius 3 is 2.83 bits per heavy atom. The van der Waals surface area contributed by atoms with Gasteiger partial charge in [0, 0.05) is 5.92 Å². The molecule has 2 aliphatic rings.